The highest BCUT2D eigenvalue weighted by atomic mass is 32.2. The van der Waals surface area contributed by atoms with Gasteiger partial charge in [0.25, 0.3) is 5.91 Å². The van der Waals surface area contributed by atoms with Crippen molar-refractivity contribution in [3.63, 3.8) is 0 Å². The van der Waals surface area contributed by atoms with E-state index in [2.05, 4.69) is 4.99 Å². The third-order valence-corrected chi connectivity index (χ3v) is 7.32. The molecule has 9 heteroatoms. The van der Waals surface area contributed by atoms with E-state index in [0.29, 0.717) is 16.4 Å². The van der Waals surface area contributed by atoms with E-state index in [1.165, 1.54) is 25.8 Å². The van der Waals surface area contributed by atoms with Gasteiger partial charge < -0.3 is 9.64 Å². The molecule has 1 amide bonds. The molecule has 2 heterocycles. The summed E-state index contributed by atoms with van der Waals surface area (Å²) in [6.45, 7) is 1.35. The molecule has 1 aromatic carbocycles. The van der Waals surface area contributed by atoms with Crippen molar-refractivity contribution in [2.45, 2.75) is 18.2 Å². The van der Waals surface area contributed by atoms with E-state index in [1.807, 2.05) is 0 Å². The maximum absolute atomic E-state index is 12.0. The first-order chi connectivity index (χ1) is 11.8. The standard InChI is InChI=1S/C16H18N2O5S2/c1-10(19)11-3-5-12(6-4-11)18-13-8-25(21,22)9-14(13)24-16(18)17-15(20)7-23-2/h3-6,13-14H,7-9H2,1-2H3/t13-,14-/m1/s1. The largest absolute Gasteiger partial charge is 0.375 e. The van der Waals surface area contributed by atoms with Crippen LogP contribution in [0.15, 0.2) is 29.3 Å². The molecule has 0 N–H and O–H groups in total. The Bertz CT molecular complexity index is 833. The predicted octanol–water partition coefficient (Wildman–Crippen LogP) is 1.14. The molecule has 1 aromatic rings. The molecule has 2 saturated heterocycles. The predicted molar refractivity (Wildman–Crippen MR) is 97.1 cm³/mol. The van der Waals surface area contributed by atoms with Crippen LogP contribution in [0.1, 0.15) is 17.3 Å². The topological polar surface area (TPSA) is 93.1 Å². The van der Waals surface area contributed by atoms with Crippen LogP contribution in [-0.4, -0.2) is 61.8 Å². The van der Waals surface area contributed by atoms with Crippen LogP contribution in [0, 0.1) is 0 Å². The molecule has 0 aromatic heterocycles. The number of thioether (sulfide) groups is 1. The number of methoxy groups -OCH3 is 1. The Labute approximate surface area is 150 Å². The van der Waals surface area contributed by atoms with Crippen molar-refractivity contribution in [3.05, 3.63) is 29.8 Å². The summed E-state index contributed by atoms with van der Waals surface area (Å²) in [5.41, 5.74) is 1.28. The molecule has 0 spiro atoms. The van der Waals surface area contributed by atoms with Crippen LogP contribution in [0.2, 0.25) is 0 Å². The highest BCUT2D eigenvalue weighted by Gasteiger charge is 2.49. The van der Waals surface area contributed by atoms with E-state index in [4.69, 9.17) is 4.74 Å². The van der Waals surface area contributed by atoms with Gasteiger partial charge in [-0.25, -0.2) is 8.42 Å². The fourth-order valence-electron chi connectivity index (χ4n) is 2.99. The van der Waals surface area contributed by atoms with Crippen molar-refractivity contribution in [2.75, 3.05) is 30.1 Å². The Morgan fingerprint density at radius 3 is 2.56 bits per heavy atom. The molecule has 25 heavy (non-hydrogen) atoms. The Morgan fingerprint density at radius 2 is 1.96 bits per heavy atom. The average Bonchev–Trinajstić information content (AvgIpc) is 2.98. The molecular weight excluding hydrogens is 364 g/mol. The van der Waals surface area contributed by atoms with Crippen molar-refractivity contribution in [1.82, 2.24) is 0 Å². The van der Waals surface area contributed by atoms with Crippen LogP contribution in [0.3, 0.4) is 0 Å². The lowest BCUT2D eigenvalue weighted by Gasteiger charge is -2.24. The normalized spacial score (nSPS) is 26.0. The molecule has 0 saturated carbocycles. The number of ketones is 1. The molecule has 0 bridgehead atoms. The average molecular weight is 382 g/mol. The first kappa shape index (κ1) is 18.1. The zero-order valence-electron chi connectivity index (χ0n) is 13.8. The van der Waals surface area contributed by atoms with E-state index < -0.39 is 15.7 Å². The van der Waals surface area contributed by atoms with Crippen LogP contribution in [0.25, 0.3) is 0 Å². The fourth-order valence-corrected chi connectivity index (χ4v) is 6.92. The van der Waals surface area contributed by atoms with Gasteiger partial charge in [0.05, 0.1) is 17.5 Å². The van der Waals surface area contributed by atoms with E-state index in [1.54, 1.807) is 29.2 Å². The molecule has 0 aliphatic carbocycles. The number of nitrogens with zero attached hydrogens (tertiary/aromatic N) is 2. The summed E-state index contributed by atoms with van der Waals surface area (Å²) >= 11 is 1.30. The number of aliphatic imine (C=N–C) groups is 1. The molecule has 2 aliphatic heterocycles. The maximum Gasteiger partial charge on any atom is 0.274 e. The van der Waals surface area contributed by atoms with E-state index in [-0.39, 0.29) is 35.2 Å². The second-order valence-corrected chi connectivity index (χ2v) is 9.35. The van der Waals surface area contributed by atoms with Gasteiger partial charge in [-0.3, -0.25) is 9.59 Å². The number of amidine groups is 1. The number of anilines is 1. The summed E-state index contributed by atoms with van der Waals surface area (Å²) in [6.07, 6.45) is 0. The summed E-state index contributed by atoms with van der Waals surface area (Å²) in [6, 6.07) is 6.61. The number of ether oxygens (including phenoxy) is 1. The minimum absolute atomic E-state index is 0.0244. The number of carbonyl (C=O) groups is 2. The maximum atomic E-state index is 12.0. The SMILES string of the molecule is COCC(=O)N=C1S[C@@H]2CS(=O)(=O)C[C@H]2N1c1ccc(C(C)=O)cc1. The van der Waals surface area contributed by atoms with Crippen molar-refractivity contribution in [3.8, 4) is 0 Å². The van der Waals surface area contributed by atoms with Gasteiger partial charge in [0.2, 0.25) is 0 Å². The first-order valence-electron chi connectivity index (χ1n) is 7.68. The van der Waals surface area contributed by atoms with Crippen LogP contribution in [-0.2, 0) is 19.4 Å². The molecule has 2 atom stereocenters. The monoisotopic (exact) mass is 382 g/mol. The minimum atomic E-state index is -3.11. The minimum Gasteiger partial charge on any atom is -0.375 e. The van der Waals surface area contributed by atoms with E-state index in [9.17, 15) is 18.0 Å². The molecule has 2 fully saturated rings. The van der Waals surface area contributed by atoms with Crippen molar-refractivity contribution < 1.29 is 22.7 Å². The highest BCUT2D eigenvalue weighted by molar-refractivity contribution is 8.16. The Morgan fingerprint density at radius 1 is 1.28 bits per heavy atom. The van der Waals surface area contributed by atoms with Gasteiger partial charge >= 0.3 is 0 Å². The smallest absolute Gasteiger partial charge is 0.274 e. The van der Waals surface area contributed by atoms with Crippen molar-refractivity contribution >= 4 is 44.1 Å². The lowest BCUT2D eigenvalue weighted by Crippen LogP contribution is -2.37. The van der Waals surface area contributed by atoms with Crippen molar-refractivity contribution in [1.29, 1.82) is 0 Å². The third-order valence-electron chi connectivity index (χ3n) is 4.11. The summed E-state index contributed by atoms with van der Waals surface area (Å²) in [5.74, 6) is -0.371. The number of rotatable bonds is 4. The Kier molecular flexibility index (Phi) is 4.99. The number of fused-ring (bicyclic) bond motifs is 1. The number of benzene rings is 1. The summed E-state index contributed by atoms with van der Waals surface area (Å²) < 4.78 is 28.8. The number of Topliss-reactive ketones (excluding diaryl/α,β-unsaturated/α-hetero) is 1. The summed E-state index contributed by atoms with van der Waals surface area (Å²) in [7, 11) is -1.70. The molecule has 0 radical (unpaired) electrons. The van der Waals surface area contributed by atoms with Gasteiger partial charge in [0, 0.05) is 23.6 Å². The van der Waals surface area contributed by atoms with Crippen LogP contribution >= 0.6 is 11.8 Å². The van der Waals surface area contributed by atoms with Gasteiger partial charge in [0.1, 0.15) is 6.61 Å². The van der Waals surface area contributed by atoms with E-state index >= 15 is 0 Å². The van der Waals surface area contributed by atoms with Crippen LogP contribution in [0.5, 0.6) is 0 Å². The van der Waals surface area contributed by atoms with Gasteiger partial charge in [-0.15, -0.1) is 0 Å². The van der Waals surface area contributed by atoms with Crippen molar-refractivity contribution in [2.24, 2.45) is 4.99 Å². The third kappa shape index (κ3) is 3.78. The van der Waals surface area contributed by atoms with Gasteiger partial charge in [-0.2, -0.15) is 4.99 Å². The number of sulfone groups is 1. The van der Waals surface area contributed by atoms with Gasteiger partial charge in [0.15, 0.2) is 20.8 Å². The molecular formula is C16H18N2O5S2. The van der Waals surface area contributed by atoms with E-state index in [0.717, 1.165) is 0 Å². The summed E-state index contributed by atoms with van der Waals surface area (Å²) in [4.78, 5) is 29.2. The number of amides is 1. The Balaban J connectivity index is 1.97. The lowest BCUT2D eigenvalue weighted by atomic mass is 10.1. The quantitative estimate of drug-likeness (QED) is 0.721. The number of hydrogen-bond donors (Lipinski definition) is 0. The molecule has 2 aliphatic rings. The van der Waals surface area contributed by atoms with Gasteiger partial charge in [-0.1, -0.05) is 11.8 Å². The second kappa shape index (κ2) is 6.89. The molecule has 0 unspecified atom stereocenters. The summed E-state index contributed by atoms with van der Waals surface area (Å²) in [5, 5.41) is 0.314. The lowest BCUT2D eigenvalue weighted by molar-refractivity contribution is -0.121. The molecule has 7 nitrogen and oxygen atoms in total. The molecule has 134 valence electrons. The zero-order chi connectivity index (χ0) is 18.2. The highest BCUT2D eigenvalue weighted by Crippen LogP contribution is 2.40. The second-order valence-electron chi connectivity index (χ2n) is 5.99. The first-order valence-corrected chi connectivity index (χ1v) is 10.4. The van der Waals surface area contributed by atoms with Crippen LogP contribution < -0.4 is 4.90 Å². The fraction of sp³-hybridized carbons (Fsp3) is 0.438. The number of hydrogen-bond acceptors (Lipinski definition) is 6. The zero-order valence-corrected chi connectivity index (χ0v) is 15.5. The van der Waals surface area contributed by atoms with Crippen LogP contribution in [0.4, 0.5) is 5.69 Å². The number of carbonyl (C=O) groups excluding carboxylic acids is 2. The van der Waals surface area contributed by atoms with Gasteiger partial charge in [-0.05, 0) is 31.2 Å². The molecule has 3 rings (SSSR count). The Hall–Kier alpha value is -1.71.